The van der Waals surface area contributed by atoms with Crippen molar-refractivity contribution in [2.24, 2.45) is 5.41 Å². The first kappa shape index (κ1) is 13.6. The predicted octanol–water partition coefficient (Wildman–Crippen LogP) is 4.13. The van der Waals surface area contributed by atoms with Gasteiger partial charge in [-0.05, 0) is 47.2 Å². The predicted molar refractivity (Wildman–Crippen MR) is 81.4 cm³/mol. The lowest BCUT2D eigenvalue weighted by Crippen LogP contribution is -2.18. The largest absolute Gasteiger partial charge is 0.385 e. The average molecular weight is 254 g/mol. The first-order valence-corrected chi connectivity index (χ1v) is 6.75. The molecular weight excluding hydrogens is 232 g/mol. The van der Waals surface area contributed by atoms with Crippen LogP contribution >= 0.6 is 0 Å². The Hall–Kier alpha value is -1.83. The van der Waals surface area contributed by atoms with Crippen molar-refractivity contribution in [3.8, 4) is 0 Å². The normalized spacial score (nSPS) is 11.3. The third-order valence-electron chi connectivity index (χ3n) is 2.93. The van der Waals surface area contributed by atoms with Crippen molar-refractivity contribution in [1.82, 2.24) is 4.98 Å². The summed E-state index contributed by atoms with van der Waals surface area (Å²) in [5, 5.41) is 3.47. The molecule has 0 unspecified atom stereocenters. The summed E-state index contributed by atoms with van der Waals surface area (Å²) in [6.45, 7) is 7.68. The highest BCUT2D eigenvalue weighted by molar-refractivity contribution is 5.45. The zero-order valence-electron chi connectivity index (χ0n) is 12.0. The fourth-order valence-corrected chi connectivity index (χ4v) is 1.84. The smallest absolute Gasteiger partial charge is 0.0340 e. The van der Waals surface area contributed by atoms with Gasteiger partial charge in [0.05, 0.1) is 0 Å². The standard InChI is InChI=1S/C17H22N2/c1-17(2,3)13-19-16-6-4-14(5-7-16)12-15-8-10-18-11-9-15/h4-11,19H,12-13H2,1-3H3. The van der Waals surface area contributed by atoms with E-state index in [0.29, 0.717) is 5.41 Å². The topological polar surface area (TPSA) is 24.9 Å². The lowest BCUT2D eigenvalue weighted by molar-refractivity contribution is 0.443. The molecule has 0 aliphatic heterocycles. The highest BCUT2D eigenvalue weighted by atomic mass is 14.9. The Morgan fingerprint density at radius 2 is 1.47 bits per heavy atom. The van der Waals surface area contributed by atoms with Crippen molar-refractivity contribution in [3.63, 3.8) is 0 Å². The maximum atomic E-state index is 4.04. The Morgan fingerprint density at radius 3 is 2.05 bits per heavy atom. The lowest BCUT2D eigenvalue weighted by atomic mass is 9.97. The van der Waals surface area contributed by atoms with Gasteiger partial charge in [0, 0.05) is 24.6 Å². The molecule has 0 radical (unpaired) electrons. The third-order valence-corrected chi connectivity index (χ3v) is 2.93. The van der Waals surface area contributed by atoms with E-state index in [2.05, 4.69) is 67.5 Å². The second kappa shape index (κ2) is 5.87. The van der Waals surface area contributed by atoms with E-state index in [0.717, 1.165) is 13.0 Å². The molecule has 0 saturated heterocycles. The monoisotopic (exact) mass is 254 g/mol. The van der Waals surface area contributed by atoms with E-state index < -0.39 is 0 Å². The number of benzene rings is 1. The Kier molecular flexibility index (Phi) is 4.20. The number of hydrogen-bond acceptors (Lipinski definition) is 2. The van der Waals surface area contributed by atoms with Gasteiger partial charge in [0.15, 0.2) is 0 Å². The lowest BCUT2D eigenvalue weighted by Gasteiger charge is -2.19. The molecule has 100 valence electrons. The molecule has 2 rings (SSSR count). The second-order valence-corrected chi connectivity index (χ2v) is 6.14. The van der Waals surface area contributed by atoms with Gasteiger partial charge < -0.3 is 5.32 Å². The van der Waals surface area contributed by atoms with Crippen molar-refractivity contribution in [2.75, 3.05) is 11.9 Å². The summed E-state index contributed by atoms with van der Waals surface area (Å²) in [5.41, 5.74) is 4.11. The van der Waals surface area contributed by atoms with E-state index in [4.69, 9.17) is 0 Å². The summed E-state index contributed by atoms with van der Waals surface area (Å²) in [6.07, 6.45) is 4.64. The van der Waals surface area contributed by atoms with Crippen LogP contribution in [-0.4, -0.2) is 11.5 Å². The van der Waals surface area contributed by atoms with Gasteiger partial charge in [-0.3, -0.25) is 4.98 Å². The van der Waals surface area contributed by atoms with Crippen LogP contribution in [0.15, 0.2) is 48.8 Å². The third kappa shape index (κ3) is 4.74. The summed E-state index contributed by atoms with van der Waals surface area (Å²) in [7, 11) is 0. The number of nitrogens with zero attached hydrogens (tertiary/aromatic N) is 1. The molecule has 0 aliphatic carbocycles. The molecule has 2 heteroatoms. The SMILES string of the molecule is CC(C)(C)CNc1ccc(Cc2ccncc2)cc1. The van der Waals surface area contributed by atoms with Crippen LogP contribution in [0.5, 0.6) is 0 Å². The zero-order chi connectivity index (χ0) is 13.7. The Morgan fingerprint density at radius 1 is 0.895 bits per heavy atom. The van der Waals surface area contributed by atoms with E-state index in [1.165, 1.54) is 16.8 Å². The maximum Gasteiger partial charge on any atom is 0.0340 e. The first-order chi connectivity index (χ1) is 9.03. The molecule has 0 bridgehead atoms. The van der Waals surface area contributed by atoms with E-state index in [9.17, 15) is 0 Å². The number of rotatable bonds is 4. The van der Waals surface area contributed by atoms with Crippen LogP contribution in [0, 0.1) is 5.41 Å². The van der Waals surface area contributed by atoms with Crippen LogP contribution in [0.2, 0.25) is 0 Å². The van der Waals surface area contributed by atoms with Crippen LogP contribution in [-0.2, 0) is 6.42 Å². The Bertz CT molecular complexity index is 495. The summed E-state index contributed by atoms with van der Waals surface area (Å²) in [4.78, 5) is 4.04. The quantitative estimate of drug-likeness (QED) is 0.887. The summed E-state index contributed by atoms with van der Waals surface area (Å²) in [5.74, 6) is 0. The first-order valence-electron chi connectivity index (χ1n) is 6.75. The van der Waals surface area contributed by atoms with Crippen LogP contribution < -0.4 is 5.32 Å². The van der Waals surface area contributed by atoms with Crippen molar-refractivity contribution >= 4 is 5.69 Å². The molecule has 0 atom stereocenters. The molecule has 1 heterocycles. The van der Waals surface area contributed by atoms with Gasteiger partial charge >= 0.3 is 0 Å². The molecule has 0 spiro atoms. The fraction of sp³-hybridized carbons (Fsp3) is 0.353. The number of anilines is 1. The van der Waals surface area contributed by atoms with E-state index >= 15 is 0 Å². The van der Waals surface area contributed by atoms with Gasteiger partial charge in [-0.1, -0.05) is 32.9 Å². The summed E-state index contributed by atoms with van der Waals surface area (Å²) in [6, 6.07) is 12.8. The van der Waals surface area contributed by atoms with Gasteiger partial charge in [0.25, 0.3) is 0 Å². The van der Waals surface area contributed by atoms with Crippen LogP contribution in [0.1, 0.15) is 31.9 Å². The van der Waals surface area contributed by atoms with E-state index in [1.54, 1.807) is 0 Å². The highest BCUT2D eigenvalue weighted by Gasteiger charge is 2.09. The molecule has 0 fully saturated rings. The Balaban J connectivity index is 1.95. The summed E-state index contributed by atoms with van der Waals surface area (Å²) < 4.78 is 0. The van der Waals surface area contributed by atoms with Gasteiger partial charge in [-0.25, -0.2) is 0 Å². The average Bonchev–Trinajstić information content (AvgIpc) is 2.38. The van der Waals surface area contributed by atoms with Crippen molar-refractivity contribution in [2.45, 2.75) is 27.2 Å². The van der Waals surface area contributed by atoms with Gasteiger partial charge in [-0.15, -0.1) is 0 Å². The van der Waals surface area contributed by atoms with Gasteiger partial charge in [0.1, 0.15) is 0 Å². The molecule has 1 N–H and O–H groups in total. The second-order valence-electron chi connectivity index (χ2n) is 6.14. The maximum absolute atomic E-state index is 4.04. The number of pyridine rings is 1. The number of hydrogen-bond donors (Lipinski definition) is 1. The minimum absolute atomic E-state index is 0.301. The van der Waals surface area contributed by atoms with Crippen molar-refractivity contribution in [3.05, 3.63) is 59.9 Å². The molecule has 1 aromatic carbocycles. The summed E-state index contributed by atoms with van der Waals surface area (Å²) >= 11 is 0. The molecule has 2 nitrogen and oxygen atoms in total. The van der Waals surface area contributed by atoms with Gasteiger partial charge in [0.2, 0.25) is 0 Å². The van der Waals surface area contributed by atoms with Crippen LogP contribution in [0.3, 0.4) is 0 Å². The molecule has 19 heavy (non-hydrogen) atoms. The number of aromatic nitrogens is 1. The Labute approximate surface area is 115 Å². The minimum Gasteiger partial charge on any atom is -0.385 e. The zero-order valence-corrected chi connectivity index (χ0v) is 12.0. The molecule has 0 amide bonds. The minimum atomic E-state index is 0.301. The molecule has 1 aromatic heterocycles. The van der Waals surface area contributed by atoms with Gasteiger partial charge in [-0.2, -0.15) is 0 Å². The molecule has 0 aliphatic rings. The van der Waals surface area contributed by atoms with E-state index in [-0.39, 0.29) is 0 Å². The van der Waals surface area contributed by atoms with Crippen molar-refractivity contribution in [1.29, 1.82) is 0 Å². The number of nitrogens with one attached hydrogen (secondary N) is 1. The highest BCUT2D eigenvalue weighted by Crippen LogP contribution is 2.17. The molecular formula is C17H22N2. The van der Waals surface area contributed by atoms with E-state index in [1.807, 2.05) is 12.4 Å². The van der Waals surface area contributed by atoms with Crippen molar-refractivity contribution < 1.29 is 0 Å². The fourth-order valence-electron chi connectivity index (χ4n) is 1.84. The molecule has 0 saturated carbocycles. The molecule has 2 aromatic rings. The van der Waals surface area contributed by atoms with Crippen LogP contribution in [0.25, 0.3) is 0 Å². The van der Waals surface area contributed by atoms with Crippen LogP contribution in [0.4, 0.5) is 5.69 Å².